The maximum absolute atomic E-state index is 12.8. The van der Waals surface area contributed by atoms with E-state index in [1.807, 2.05) is 0 Å². The topological polar surface area (TPSA) is 71.1 Å². The summed E-state index contributed by atoms with van der Waals surface area (Å²) in [7, 11) is 3.09. The number of nitrogens with zero attached hydrogens (tertiary/aromatic N) is 2. The number of piperazine rings is 1. The van der Waals surface area contributed by atoms with Gasteiger partial charge in [-0.1, -0.05) is 11.6 Å². The first-order chi connectivity index (χ1) is 13.5. The molecule has 1 aliphatic heterocycles. The number of carbonyl (C=O) groups excluding carboxylic acids is 2. The first-order valence-electron chi connectivity index (χ1n) is 8.84. The maximum Gasteiger partial charge on any atom is 0.321 e. The zero-order valence-corrected chi connectivity index (χ0v) is 16.5. The third-order valence-electron chi connectivity index (χ3n) is 4.55. The monoisotopic (exact) mass is 403 g/mol. The zero-order valence-electron chi connectivity index (χ0n) is 15.8. The molecule has 0 radical (unpaired) electrons. The third kappa shape index (κ3) is 4.67. The summed E-state index contributed by atoms with van der Waals surface area (Å²) in [5, 5.41) is 3.45. The minimum atomic E-state index is -0.197. The van der Waals surface area contributed by atoms with Crippen molar-refractivity contribution in [2.24, 2.45) is 0 Å². The lowest BCUT2D eigenvalue weighted by Crippen LogP contribution is -2.51. The molecule has 148 valence electrons. The highest BCUT2D eigenvalue weighted by atomic mass is 35.5. The Morgan fingerprint density at radius 3 is 1.96 bits per heavy atom. The van der Waals surface area contributed by atoms with Crippen LogP contribution in [-0.4, -0.2) is 62.1 Å². The first kappa shape index (κ1) is 19.8. The molecule has 1 fully saturated rings. The summed E-state index contributed by atoms with van der Waals surface area (Å²) in [6.07, 6.45) is 0. The SMILES string of the molecule is COc1cc(OC)cc(C(=O)N2CCN(C(=O)Nc3ccc(Cl)cc3)CC2)c1. The fourth-order valence-corrected chi connectivity index (χ4v) is 3.09. The van der Waals surface area contributed by atoms with Crippen LogP contribution in [0.5, 0.6) is 11.5 Å². The minimum Gasteiger partial charge on any atom is -0.497 e. The molecule has 0 bridgehead atoms. The van der Waals surface area contributed by atoms with Crippen molar-refractivity contribution in [2.45, 2.75) is 0 Å². The molecule has 28 heavy (non-hydrogen) atoms. The van der Waals surface area contributed by atoms with Gasteiger partial charge in [0.05, 0.1) is 14.2 Å². The second kappa shape index (κ2) is 8.84. The van der Waals surface area contributed by atoms with Gasteiger partial charge >= 0.3 is 6.03 Å². The van der Waals surface area contributed by atoms with Crippen molar-refractivity contribution in [1.29, 1.82) is 0 Å². The molecule has 0 saturated carbocycles. The van der Waals surface area contributed by atoms with E-state index in [1.165, 1.54) is 0 Å². The molecule has 1 aliphatic rings. The van der Waals surface area contributed by atoms with Gasteiger partial charge in [0.2, 0.25) is 0 Å². The van der Waals surface area contributed by atoms with Gasteiger partial charge < -0.3 is 24.6 Å². The van der Waals surface area contributed by atoms with Crippen LogP contribution in [-0.2, 0) is 0 Å². The molecule has 7 nitrogen and oxygen atoms in total. The van der Waals surface area contributed by atoms with E-state index >= 15 is 0 Å². The highest BCUT2D eigenvalue weighted by molar-refractivity contribution is 6.30. The lowest BCUT2D eigenvalue weighted by Gasteiger charge is -2.34. The number of methoxy groups -OCH3 is 2. The Kier molecular flexibility index (Phi) is 6.26. The van der Waals surface area contributed by atoms with Gasteiger partial charge in [0.25, 0.3) is 5.91 Å². The number of benzene rings is 2. The molecule has 2 aromatic carbocycles. The van der Waals surface area contributed by atoms with Crippen LogP contribution in [0.25, 0.3) is 0 Å². The van der Waals surface area contributed by atoms with Crippen molar-refractivity contribution in [3.05, 3.63) is 53.1 Å². The van der Waals surface area contributed by atoms with Gasteiger partial charge in [-0.2, -0.15) is 0 Å². The quantitative estimate of drug-likeness (QED) is 0.849. The Morgan fingerprint density at radius 2 is 1.43 bits per heavy atom. The molecule has 1 N–H and O–H groups in total. The molecule has 0 aromatic heterocycles. The summed E-state index contributed by atoms with van der Waals surface area (Å²) < 4.78 is 10.5. The average Bonchev–Trinajstić information content (AvgIpc) is 2.74. The summed E-state index contributed by atoms with van der Waals surface area (Å²) in [5.41, 5.74) is 1.17. The number of hydrogen-bond acceptors (Lipinski definition) is 4. The number of nitrogens with one attached hydrogen (secondary N) is 1. The van der Waals surface area contributed by atoms with Crippen LogP contribution < -0.4 is 14.8 Å². The summed E-state index contributed by atoms with van der Waals surface area (Å²) in [6.45, 7) is 1.80. The molecule has 2 aromatic rings. The minimum absolute atomic E-state index is 0.116. The van der Waals surface area contributed by atoms with Crippen LogP contribution in [0.3, 0.4) is 0 Å². The number of amides is 3. The molecule has 1 heterocycles. The normalized spacial score (nSPS) is 13.8. The number of hydrogen-bond donors (Lipinski definition) is 1. The van der Waals surface area contributed by atoms with Crippen molar-refractivity contribution in [3.8, 4) is 11.5 Å². The first-order valence-corrected chi connectivity index (χ1v) is 9.22. The Hall–Kier alpha value is -2.93. The summed E-state index contributed by atoms with van der Waals surface area (Å²) >= 11 is 5.85. The van der Waals surface area contributed by atoms with Crippen LogP contribution in [0.1, 0.15) is 10.4 Å². The number of urea groups is 1. The van der Waals surface area contributed by atoms with E-state index in [2.05, 4.69) is 5.32 Å². The van der Waals surface area contributed by atoms with E-state index in [1.54, 1.807) is 66.5 Å². The summed E-state index contributed by atoms with van der Waals surface area (Å²) in [5.74, 6) is 1.00. The van der Waals surface area contributed by atoms with Gasteiger partial charge in [-0.15, -0.1) is 0 Å². The van der Waals surface area contributed by atoms with E-state index < -0.39 is 0 Å². The largest absolute Gasteiger partial charge is 0.497 e. The van der Waals surface area contributed by atoms with Crippen LogP contribution in [0.15, 0.2) is 42.5 Å². The van der Waals surface area contributed by atoms with Crippen LogP contribution in [0, 0.1) is 0 Å². The van der Waals surface area contributed by atoms with E-state index in [0.717, 1.165) is 0 Å². The zero-order chi connectivity index (χ0) is 20.1. The van der Waals surface area contributed by atoms with Gasteiger partial charge in [-0.3, -0.25) is 4.79 Å². The number of carbonyl (C=O) groups is 2. The highest BCUT2D eigenvalue weighted by Gasteiger charge is 2.25. The fraction of sp³-hybridized carbons (Fsp3) is 0.300. The van der Waals surface area contributed by atoms with Gasteiger partial charge in [-0.05, 0) is 36.4 Å². The Balaban J connectivity index is 1.59. The van der Waals surface area contributed by atoms with E-state index in [0.29, 0.717) is 54.0 Å². The second-order valence-electron chi connectivity index (χ2n) is 6.32. The van der Waals surface area contributed by atoms with Crippen molar-refractivity contribution in [3.63, 3.8) is 0 Å². The lowest BCUT2D eigenvalue weighted by atomic mass is 10.1. The van der Waals surface area contributed by atoms with E-state index in [9.17, 15) is 9.59 Å². The molecule has 0 spiro atoms. The number of halogens is 1. The number of rotatable bonds is 4. The van der Waals surface area contributed by atoms with Crippen molar-refractivity contribution < 1.29 is 19.1 Å². The smallest absolute Gasteiger partial charge is 0.321 e. The van der Waals surface area contributed by atoms with Gasteiger partial charge in [0, 0.05) is 48.5 Å². The molecule has 3 rings (SSSR count). The van der Waals surface area contributed by atoms with Gasteiger partial charge in [0.1, 0.15) is 11.5 Å². The third-order valence-corrected chi connectivity index (χ3v) is 4.80. The maximum atomic E-state index is 12.8. The molecular weight excluding hydrogens is 382 g/mol. The van der Waals surface area contributed by atoms with Crippen LogP contribution in [0.2, 0.25) is 5.02 Å². The Labute approximate surface area is 168 Å². The molecular formula is C20H22ClN3O4. The van der Waals surface area contributed by atoms with Gasteiger partial charge in [-0.25, -0.2) is 4.79 Å². The molecule has 0 aliphatic carbocycles. The van der Waals surface area contributed by atoms with Crippen molar-refractivity contribution in [2.75, 3.05) is 45.7 Å². The predicted octanol–water partition coefficient (Wildman–Crippen LogP) is 3.35. The summed E-state index contributed by atoms with van der Waals surface area (Å²) in [4.78, 5) is 28.6. The lowest BCUT2D eigenvalue weighted by molar-refractivity contribution is 0.0671. The summed E-state index contributed by atoms with van der Waals surface area (Å²) in [6, 6.07) is 11.8. The Bertz CT molecular complexity index is 827. The van der Waals surface area contributed by atoms with Gasteiger partial charge in [0.15, 0.2) is 0 Å². The molecule has 1 saturated heterocycles. The number of anilines is 1. The molecule has 8 heteroatoms. The van der Waals surface area contributed by atoms with Crippen LogP contribution >= 0.6 is 11.6 Å². The molecule has 3 amide bonds. The molecule has 0 unspecified atom stereocenters. The highest BCUT2D eigenvalue weighted by Crippen LogP contribution is 2.24. The van der Waals surface area contributed by atoms with Crippen LogP contribution in [0.4, 0.5) is 10.5 Å². The van der Waals surface area contributed by atoms with Crippen molar-refractivity contribution in [1.82, 2.24) is 9.80 Å². The molecule has 0 atom stereocenters. The Morgan fingerprint density at radius 1 is 0.893 bits per heavy atom. The van der Waals surface area contributed by atoms with E-state index in [4.69, 9.17) is 21.1 Å². The predicted molar refractivity (Wildman–Crippen MR) is 107 cm³/mol. The average molecular weight is 404 g/mol. The van der Waals surface area contributed by atoms with Crippen molar-refractivity contribution >= 4 is 29.2 Å². The second-order valence-corrected chi connectivity index (χ2v) is 6.75. The standard InChI is InChI=1S/C20H22ClN3O4/c1-27-17-11-14(12-18(13-17)28-2)19(25)23-7-9-24(10-8-23)20(26)22-16-5-3-15(21)4-6-16/h3-6,11-13H,7-10H2,1-2H3,(H,22,26). The number of ether oxygens (including phenoxy) is 2. The van der Waals surface area contributed by atoms with E-state index in [-0.39, 0.29) is 11.9 Å². The fourth-order valence-electron chi connectivity index (χ4n) is 2.96.